The Balaban J connectivity index is 2.12. The van der Waals surface area contributed by atoms with Gasteiger partial charge in [-0.05, 0) is 24.3 Å². The van der Waals surface area contributed by atoms with Crippen LogP contribution in [0.4, 0.5) is 0 Å². The first-order valence-electron chi connectivity index (χ1n) is 4.61. The van der Waals surface area contributed by atoms with Crippen molar-refractivity contribution < 1.29 is 14.3 Å². The molecule has 0 spiro atoms. The Hall–Kier alpha value is -1.75. The van der Waals surface area contributed by atoms with Crippen molar-refractivity contribution >= 4 is 17.7 Å². The van der Waals surface area contributed by atoms with Gasteiger partial charge in [-0.1, -0.05) is 11.8 Å². The van der Waals surface area contributed by atoms with Gasteiger partial charge < -0.3 is 9.52 Å². The minimum absolute atomic E-state index is 0.221. The standard InChI is InChI=1S/C11H9NO3S/c13-11(14)9-4-1-5-12-10(9)16-7-8-3-2-6-15-8/h1-6H,7H2,(H,13,14). The van der Waals surface area contributed by atoms with E-state index in [4.69, 9.17) is 9.52 Å². The second kappa shape index (κ2) is 4.85. The largest absolute Gasteiger partial charge is 0.478 e. The summed E-state index contributed by atoms with van der Waals surface area (Å²) in [4.78, 5) is 14.9. The number of pyridine rings is 1. The van der Waals surface area contributed by atoms with E-state index >= 15 is 0 Å². The number of carboxylic acids is 1. The average Bonchev–Trinajstić information content (AvgIpc) is 2.79. The molecule has 0 radical (unpaired) electrons. The van der Waals surface area contributed by atoms with Gasteiger partial charge in [0, 0.05) is 6.20 Å². The molecule has 2 heterocycles. The summed E-state index contributed by atoms with van der Waals surface area (Å²) >= 11 is 1.35. The number of hydrogen-bond acceptors (Lipinski definition) is 4. The van der Waals surface area contributed by atoms with E-state index in [2.05, 4.69) is 4.98 Å². The molecule has 0 fully saturated rings. The minimum Gasteiger partial charge on any atom is -0.478 e. The molecular weight excluding hydrogens is 226 g/mol. The van der Waals surface area contributed by atoms with Gasteiger partial charge in [-0.3, -0.25) is 0 Å². The van der Waals surface area contributed by atoms with Gasteiger partial charge in [0.2, 0.25) is 0 Å². The van der Waals surface area contributed by atoms with E-state index in [0.29, 0.717) is 10.8 Å². The molecule has 2 rings (SSSR count). The Bertz CT molecular complexity index is 482. The van der Waals surface area contributed by atoms with E-state index in [9.17, 15) is 4.79 Å². The Morgan fingerprint density at radius 3 is 3.00 bits per heavy atom. The molecule has 2 aromatic heterocycles. The molecule has 1 N–H and O–H groups in total. The second-order valence-electron chi connectivity index (χ2n) is 3.03. The van der Waals surface area contributed by atoms with Crippen LogP contribution in [0.5, 0.6) is 0 Å². The van der Waals surface area contributed by atoms with Crippen molar-refractivity contribution in [1.82, 2.24) is 4.98 Å². The number of thioether (sulfide) groups is 1. The number of carboxylic acid groups (broad SMARTS) is 1. The lowest BCUT2D eigenvalue weighted by Gasteiger charge is -2.02. The predicted octanol–water partition coefficient (Wildman–Crippen LogP) is 2.67. The van der Waals surface area contributed by atoms with Gasteiger partial charge in [-0.15, -0.1) is 0 Å². The summed E-state index contributed by atoms with van der Waals surface area (Å²) in [5.41, 5.74) is 0.221. The maximum absolute atomic E-state index is 10.9. The van der Waals surface area contributed by atoms with Gasteiger partial charge in [0.25, 0.3) is 0 Å². The van der Waals surface area contributed by atoms with Crippen LogP contribution >= 0.6 is 11.8 Å². The van der Waals surface area contributed by atoms with E-state index in [0.717, 1.165) is 5.76 Å². The fourth-order valence-electron chi connectivity index (χ4n) is 1.20. The molecule has 0 aliphatic carbocycles. The van der Waals surface area contributed by atoms with E-state index in [1.165, 1.54) is 11.8 Å². The fourth-order valence-corrected chi connectivity index (χ4v) is 2.09. The molecule has 0 aromatic carbocycles. The van der Waals surface area contributed by atoms with Crippen molar-refractivity contribution in [3.63, 3.8) is 0 Å². The number of aromatic carboxylic acids is 1. The SMILES string of the molecule is O=C(O)c1cccnc1SCc1ccco1. The normalized spacial score (nSPS) is 10.2. The quantitative estimate of drug-likeness (QED) is 0.825. The molecule has 0 atom stereocenters. The summed E-state index contributed by atoms with van der Waals surface area (Å²) < 4.78 is 5.16. The first-order valence-corrected chi connectivity index (χ1v) is 5.59. The van der Waals surface area contributed by atoms with Crippen molar-refractivity contribution in [2.75, 3.05) is 0 Å². The Morgan fingerprint density at radius 1 is 1.44 bits per heavy atom. The maximum atomic E-state index is 10.9. The number of hydrogen-bond donors (Lipinski definition) is 1. The van der Waals surface area contributed by atoms with E-state index in [1.807, 2.05) is 6.07 Å². The first kappa shape index (κ1) is 10.8. The monoisotopic (exact) mass is 235 g/mol. The number of rotatable bonds is 4. The molecule has 0 aliphatic heterocycles. The van der Waals surface area contributed by atoms with Crippen LogP contribution in [0.25, 0.3) is 0 Å². The number of furan rings is 1. The third-order valence-electron chi connectivity index (χ3n) is 1.93. The first-order chi connectivity index (χ1) is 7.77. The molecule has 0 saturated carbocycles. The van der Waals surface area contributed by atoms with Crippen LogP contribution in [0.3, 0.4) is 0 Å². The maximum Gasteiger partial charge on any atom is 0.338 e. The van der Waals surface area contributed by atoms with Crippen molar-refractivity contribution in [3.05, 3.63) is 48.0 Å². The molecule has 2 aromatic rings. The highest BCUT2D eigenvalue weighted by Crippen LogP contribution is 2.24. The van der Waals surface area contributed by atoms with Gasteiger partial charge in [-0.2, -0.15) is 0 Å². The van der Waals surface area contributed by atoms with Crippen LogP contribution in [-0.4, -0.2) is 16.1 Å². The highest BCUT2D eigenvalue weighted by Gasteiger charge is 2.11. The van der Waals surface area contributed by atoms with Gasteiger partial charge in [-0.25, -0.2) is 9.78 Å². The zero-order valence-electron chi connectivity index (χ0n) is 8.29. The number of nitrogens with zero attached hydrogens (tertiary/aromatic N) is 1. The lowest BCUT2D eigenvalue weighted by atomic mass is 10.3. The highest BCUT2D eigenvalue weighted by atomic mass is 32.2. The smallest absolute Gasteiger partial charge is 0.338 e. The van der Waals surface area contributed by atoms with Crippen molar-refractivity contribution in [2.24, 2.45) is 0 Å². The highest BCUT2D eigenvalue weighted by molar-refractivity contribution is 7.98. The average molecular weight is 235 g/mol. The van der Waals surface area contributed by atoms with Crippen molar-refractivity contribution in [3.8, 4) is 0 Å². The molecule has 0 saturated heterocycles. The summed E-state index contributed by atoms with van der Waals surface area (Å²) in [5, 5.41) is 9.45. The third-order valence-corrected chi connectivity index (χ3v) is 2.96. The van der Waals surface area contributed by atoms with E-state index in [-0.39, 0.29) is 5.56 Å². The van der Waals surface area contributed by atoms with Crippen LogP contribution in [0.1, 0.15) is 16.1 Å². The molecule has 0 unspecified atom stereocenters. The Kier molecular flexibility index (Phi) is 3.26. The summed E-state index contributed by atoms with van der Waals surface area (Å²) in [6.45, 7) is 0. The molecular formula is C11H9NO3S. The third kappa shape index (κ3) is 2.43. The molecule has 0 amide bonds. The summed E-state index contributed by atoms with van der Waals surface area (Å²) in [5.74, 6) is 0.409. The lowest BCUT2D eigenvalue weighted by molar-refractivity contribution is 0.0692. The van der Waals surface area contributed by atoms with Crippen molar-refractivity contribution in [2.45, 2.75) is 10.8 Å². The molecule has 4 nitrogen and oxygen atoms in total. The van der Waals surface area contributed by atoms with Crippen LogP contribution in [0.2, 0.25) is 0 Å². The molecule has 16 heavy (non-hydrogen) atoms. The van der Waals surface area contributed by atoms with Crippen LogP contribution < -0.4 is 0 Å². The number of aromatic nitrogens is 1. The van der Waals surface area contributed by atoms with Crippen molar-refractivity contribution in [1.29, 1.82) is 0 Å². The van der Waals surface area contributed by atoms with Crippen LogP contribution in [-0.2, 0) is 5.75 Å². The fraction of sp³-hybridized carbons (Fsp3) is 0.0909. The zero-order chi connectivity index (χ0) is 11.4. The van der Waals surface area contributed by atoms with Gasteiger partial charge in [0.1, 0.15) is 10.8 Å². The van der Waals surface area contributed by atoms with Gasteiger partial charge in [0.15, 0.2) is 0 Å². The van der Waals surface area contributed by atoms with Crippen LogP contribution in [0, 0.1) is 0 Å². The topological polar surface area (TPSA) is 63.3 Å². The lowest BCUT2D eigenvalue weighted by Crippen LogP contribution is -2.00. The zero-order valence-corrected chi connectivity index (χ0v) is 9.11. The van der Waals surface area contributed by atoms with Gasteiger partial charge in [0.05, 0.1) is 17.6 Å². The Morgan fingerprint density at radius 2 is 2.31 bits per heavy atom. The molecule has 0 bridgehead atoms. The van der Waals surface area contributed by atoms with E-state index in [1.54, 1.807) is 30.7 Å². The minimum atomic E-state index is -0.963. The number of carbonyl (C=O) groups is 1. The van der Waals surface area contributed by atoms with Gasteiger partial charge >= 0.3 is 5.97 Å². The second-order valence-corrected chi connectivity index (χ2v) is 3.99. The predicted molar refractivity (Wildman–Crippen MR) is 59.5 cm³/mol. The summed E-state index contributed by atoms with van der Waals surface area (Å²) in [6, 6.07) is 6.79. The van der Waals surface area contributed by atoms with E-state index < -0.39 is 5.97 Å². The van der Waals surface area contributed by atoms with Crippen LogP contribution in [0.15, 0.2) is 46.2 Å². The molecule has 5 heteroatoms. The molecule has 0 aliphatic rings. The summed E-state index contributed by atoms with van der Waals surface area (Å²) in [7, 11) is 0. The summed E-state index contributed by atoms with van der Waals surface area (Å²) in [6.07, 6.45) is 3.17. The Labute approximate surface area is 96.3 Å². The molecule has 82 valence electrons.